The zero-order valence-electron chi connectivity index (χ0n) is 8.70. The van der Waals surface area contributed by atoms with E-state index in [2.05, 4.69) is 0 Å². The molecule has 16 heavy (non-hydrogen) atoms. The molecule has 1 aromatic carbocycles. The molecule has 0 saturated heterocycles. The molecule has 1 fully saturated rings. The molecule has 1 aliphatic rings. The lowest BCUT2D eigenvalue weighted by atomic mass is 9.92. The highest BCUT2D eigenvalue weighted by atomic mass is 35.5. The van der Waals surface area contributed by atoms with Gasteiger partial charge in [0, 0.05) is 6.07 Å². The number of nitro benzene ring substituents is 1. The molecule has 1 saturated carbocycles. The Kier molecular flexibility index (Phi) is 2.46. The molecule has 0 amide bonds. The van der Waals surface area contributed by atoms with E-state index in [-0.39, 0.29) is 16.5 Å². The van der Waals surface area contributed by atoms with E-state index in [1.807, 2.05) is 0 Å². The SMILES string of the molecule is CC(=O)C1(c2ccc([N+](=O)[O-])c(Cl)c2)CC1. The molecule has 1 aliphatic carbocycles. The Morgan fingerprint density at radius 3 is 2.50 bits per heavy atom. The number of carbonyl (C=O) groups is 1. The Hall–Kier alpha value is -1.42. The molecule has 0 spiro atoms. The van der Waals surface area contributed by atoms with Crippen molar-refractivity contribution in [3.8, 4) is 0 Å². The van der Waals surface area contributed by atoms with Crippen LogP contribution < -0.4 is 0 Å². The van der Waals surface area contributed by atoms with Gasteiger partial charge >= 0.3 is 0 Å². The first-order valence-corrected chi connectivity index (χ1v) is 5.30. The maximum absolute atomic E-state index is 11.5. The molecule has 0 aliphatic heterocycles. The Morgan fingerprint density at radius 1 is 1.50 bits per heavy atom. The maximum Gasteiger partial charge on any atom is 0.287 e. The predicted molar refractivity (Wildman–Crippen MR) is 59.7 cm³/mol. The Labute approximate surface area is 97.4 Å². The molecular weight excluding hydrogens is 230 g/mol. The third-order valence-corrected chi connectivity index (χ3v) is 3.42. The lowest BCUT2D eigenvalue weighted by Gasteiger charge is -2.11. The number of ketones is 1. The normalized spacial score (nSPS) is 16.9. The van der Waals surface area contributed by atoms with Crippen molar-refractivity contribution in [2.24, 2.45) is 0 Å². The molecule has 0 bridgehead atoms. The standard InChI is InChI=1S/C11H10ClNO3/c1-7(14)11(4-5-11)8-2-3-10(13(15)16)9(12)6-8/h2-3,6H,4-5H2,1H3. The Morgan fingerprint density at radius 2 is 2.12 bits per heavy atom. The number of rotatable bonds is 3. The predicted octanol–water partition coefficient (Wildman–Crippen LogP) is 2.87. The number of carbonyl (C=O) groups excluding carboxylic acids is 1. The van der Waals surface area contributed by atoms with Gasteiger partial charge in [-0.3, -0.25) is 14.9 Å². The average Bonchev–Trinajstić information content (AvgIpc) is 2.97. The van der Waals surface area contributed by atoms with Gasteiger partial charge in [0.25, 0.3) is 5.69 Å². The first kappa shape index (κ1) is 11.1. The second kappa shape index (κ2) is 3.56. The van der Waals surface area contributed by atoms with Crippen molar-refractivity contribution in [3.05, 3.63) is 38.9 Å². The maximum atomic E-state index is 11.5. The number of hydrogen-bond acceptors (Lipinski definition) is 3. The molecule has 0 N–H and O–H groups in total. The summed E-state index contributed by atoms with van der Waals surface area (Å²) in [4.78, 5) is 21.5. The number of Topliss-reactive ketones (excluding diaryl/α,β-unsaturated/α-hetero) is 1. The van der Waals surface area contributed by atoms with Crippen LogP contribution in [-0.4, -0.2) is 10.7 Å². The zero-order valence-corrected chi connectivity index (χ0v) is 9.45. The van der Waals surface area contributed by atoms with Crippen LogP contribution in [0, 0.1) is 10.1 Å². The third kappa shape index (κ3) is 1.59. The first-order valence-electron chi connectivity index (χ1n) is 4.93. The molecule has 0 heterocycles. The topological polar surface area (TPSA) is 60.2 Å². The largest absolute Gasteiger partial charge is 0.299 e. The van der Waals surface area contributed by atoms with Gasteiger partial charge in [0.2, 0.25) is 0 Å². The molecule has 0 radical (unpaired) electrons. The number of halogens is 1. The summed E-state index contributed by atoms with van der Waals surface area (Å²) >= 11 is 5.81. The van der Waals surface area contributed by atoms with Gasteiger partial charge in [-0.15, -0.1) is 0 Å². The van der Waals surface area contributed by atoms with Gasteiger partial charge in [-0.05, 0) is 31.4 Å². The average molecular weight is 240 g/mol. The van der Waals surface area contributed by atoms with E-state index >= 15 is 0 Å². The van der Waals surface area contributed by atoms with Gasteiger partial charge in [-0.2, -0.15) is 0 Å². The summed E-state index contributed by atoms with van der Waals surface area (Å²) in [6, 6.07) is 4.52. The second-order valence-corrected chi connectivity index (χ2v) is 4.47. The second-order valence-electron chi connectivity index (χ2n) is 4.06. The van der Waals surface area contributed by atoms with E-state index in [1.54, 1.807) is 13.0 Å². The van der Waals surface area contributed by atoms with Gasteiger partial charge in [0.1, 0.15) is 10.8 Å². The van der Waals surface area contributed by atoms with Crippen LogP contribution in [0.3, 0.4) is 0 Å². The van der Waals surface area contributed by atoms with Gasteiger partial charge in [-0.1, -0.05) is 17.7 Å². The molecule has 0 atom stereocenters. The smallest absolute Gasteiger partial charge is 0.287 e. The number of nitrogens with zero attached hydrogens (tertiary/aromatic N) is 1. The minimum absolute atomic E-state index is 0.0926. The first-order chi connectivity index (χ1) is 7.47. The summed E-state index contributed by atoms with van der Waals surface area (Å²) in [5, 5.41) is 10.7. The zero-order chi connectivity index (χ0) is 11.9. The van der Waals surface area contributed by atoms with Crippen LogP contribution in [0.25, 0.3) is 0 Å². The highest BCUT2D eigenvalue weighted by Crippen LogP contribution is 2.49. The molecule has 4 nitrogen and oxygen atoms in total. The van der Waals surface area contributed by atoms with E-state index in [9.17, 15) is 14.9 Å². The minimum atomic E-state index is -0.528. The van der Waals surface area contributed by atoms with E-state index in [0.717, 1.165) is 18.4 Å². The van der Waals surface area contributed by atoms with Crippen LogP contribution in [0.15, 0.2) is 18.2 Å². The van der Waals surface area contributed by atoms with Gasteiger partial charge in [-0.25, -0.2) is 0 Å². The summed E-state index contributed by atoms with van der Waals surface area (Å²) in [5.41, 5.74) is 0.235. The minimum Gasteiger partial charge on any atom is -0.299 e. The van der Waals surface area contributed by atoms with Crippen LogP contribution in [0.5, 0.6) is 0 Å². The van der Waals surface area contributed by atoms with Crippen LogP contribution in [0.1, 0.15) is 25.3 Å². The fraction of sp³-hybridized carbons (Fsp3) is 0.364. The lowest BCUT2D eigenvalue weighted by Crippen LogP contribution is -2.16. The van der Waals surface area contributed by atoms with Crippen LogP contribution >= 0.6 is 11.6 Å². The highest BCUT2D eigenvalue weighted by Gasteiger charge is 2.49. The van der Waals surface area contributed by atoms with Crippen molar-refractivity contribution >= 4 is 23.1 Å². The van der Waals surface area contributed by atoms with Gasteiger partial charge < -0.3 is 0 Å². The fourth-order valence-corrected chi connectivity index (χ4v) is 2.17. The summed E-state index contributed by atoms with van der Waals surface area (Å²) in [6.07, 6.45) is 1.60. The third-order valence-electron chi connectivity index (χ3n) is 3.12. The summed E-state index contributed by atoms with van der Waals surface area (Å²) < 4.78 is 0. The van der Waals surface area contributed by atoms with Crippen LogP contribution in [0.2, 0.25) is 5.02 Å². The van der Waals surface area contributed by atoms with Crippen molar-refractivity contribution < 1.29 is 9.72 Å². The van der Waals surface area contributed by atoms with E-state index < -0.39 is 10.3 Å². The van der Waals surface area contributed by atoms with Crippen LogP contribution in [-0.2, 0) is 10.2 Å². The van der Waals surface area contributed by atoms with Gasteiger partial charge in [0.15, 0.2) is 0 Å². The summed E-state index contributed by atoms with van der Waals surface area (Å²) in [6.45, 7) is 1.54. The van der Waals surface area contributed by atoms with Crippen LogP contribution in [0.4, 0.5) is 5.69 Å². The fourth-order valence-electron chi connectivity index (χ4n) is 1.92. The molecule has 0 unspecified atom stereocenters. The number of nitro groups is 1. The van der Waals surface area contributed by atoms with Crippen molar-refractivity contribution in [2.75, 3.05) is 0 Å². The van der Waals surface area contributed by atoms with Crippen molar-refractivity contribution in [2.45, 2.75) is 25.2 Å². The monoisotopic (exact) mass is 239 g/mol. The summed E-state index contributed by atoms with van der Waals surface area (Å²) in [5.74, 6) is 0.0948. The van der Waals surface area contributed by atoms with E-state index in [0.29, 0.717) is 0 Å². The highest BCUT2D eigenvalue weighted by molar-refractivity contribution is 6.32. The molecule has 0 aromatic heterocycles. The molecule has 5 heteroatoms. The quantitative estimate of drug-likeness (QED) is 0.602. The van der Waals surface area contributed by atoms with Gasteiger partial charge in [0.05, 0.1) is 10.3 Å². The molecule has 2 rings (SSSR count). The molecule has 1 aromatic rings. The Bertz CT molecular complexity index is 480. The number of hydrogen-bond donors (Lipinski definition) is 0. The lowest BCUT2D eigenvalue weighted by molar-refractivity contribution is -0.384. The van der Waals surface area contributed by atoms with Crippen molar-refractivity contribution in [1.29, 1.82) is 0 Å². The van der Waals surface area contributed by atoms with E-state index in [4.69, 9.17) is 11.6 Å². The van der Waals surface area contributed by atoms with Crippen molar-refractivity contribution in [3.63, 3.8) is 0 Å². The Balaban J connectivity index is 2.43. The van der Waals surface area contributed by atoms with E-state index in [1.165, 1.54) is 12.1 Å². The molecule has 84 valence electrons. The summed E-state index contributed by atoms with van der Waals surface area (Å²) in [7, 11) is 0. The number of benzene rings is 1. The van der Waals surface area contributed by atoms with Crippen molar-refractivity contribution in [1.82, 2.24) is 0 Å². The molecular formula is C11H10ClNO3.